The lowest BCUT2D eigenvalue weighted by molar-refractivity contribution is -0.161. The standard InChI is InChI=1S/C80H156O17P2/c1-8-10-11-12-13-14-15-16-17-21-28-33-42-49-56-63-80(85)97-76(68-91-78(83)62-55-48-41-36-35-38-45-52-59-72(5)6)70-95-99(88,89)93-66-74(81)65-92-98(86,87)94-69-75(67-90-77(82)61-54-47-40-32-27-24-23-25-30-37-44-51-58-71(3)4)96-79(84)64-57-50-43-34-29-22-19-18-20-26-31-39-46-53-60-73(7)9-2/h71-76,81H,8-70H2,1-7H3,(H,86,87)(H,88,89)/t73?,74-,75-,76-/m1/s1. The first-order chi connectivity index (χ1) is 47.8. The number of esters is 4. The van der Waals surface area contributed by atoms with E-state index >= 15 is 0 Å². The monoisotopic (exact) mass is 1450 g/mol. The molecule has 0 amide bonds. The Morgan fingerprint density at radius 1 is 0.293 bits per heavy atom. The van der Waals surface area contributed by atoms with Crippen molar-refractivity contribution in [3.05, 3.63) is 0 Å². The van der Waals surface area contributed by atoms with Gasteiger partial charge in [-0.3, -0.25) is 37.3 Å². The van der Waals surface area contributed by atoms with Crippen molar-refractivity contribution in [1.82, 2.24) is 0 Å². The summed E-state index contributed by atoms with van der Waals surface area (Å²) in [7, 11) is -9.92. The fraction of sp³-hybridized carbons (Fsp3) is 0.950. The van der Waals surface area contributed by atoms with Crippen molar-refractivity contribution < 1.29 is 80.2 Å². The molecule has 0 aromatic rings. The van der Waals surface area contributed by atoms with Gasteiger partial charge in [0.05, 0.1) is 26.4 Å². The van der Waals surface area contributed by atoms with E-state index in [1.54, 1.807) is 0 Å². The highest BCUT2D eigenvalue weighted by Crippen LogP contribution is 2.45. The van der Waals surface area contributed by atoms with Crippen LogP contribution in [-0.2, 0) is 65.4 Å². The number of hydrogen-bond donors (Lipinski definition) is 3. The Hall–Kier alpha value is -1.94. The minimum absolute atomic E-state index is 0.107. The average Bonchev–Trinajstić information content (AvgIpc) is 1.02. The number of ether oxygens (including phenoxy) is 4. The average molecular weight is 1450 g/mol. The Kier molecular flexibility index (Phi) is 69.0. The van der Waals surface area contributed by atoms with Crippen molar-refractivity contribution in [2.24, 2.45) is 17.8 Å². The maximum absolute atomic E-state index is 13.1. The van der Waals surface area contributed by atoms with Crippen LogP contribution in [-0.4, -0.2) is 96.7 Å². The summed E-state index contributed by atoms with van der Waals surface area (Å²) in [5.74, 6) is 0.243. The summed E-state index contributed by atoms with van der Waals surface area (Å²) in [5.41, 5.74) is 0. The number of phosphoric acid groups is 2. The number of unbranched alkanes of at least 4 members (excludes halogenated alkanes) is 45. The van der Waals surface area contributed by atoms with Gasteiger partial charge in [-0.15, -0.1) is 0 Å². The number of aliphatic hydroxyl groups excluding tert-OH is 1. The van der Waals surface area contributed by atoms with E-state index in [1.165, 1.54) is 225 Å². The molecule has 3 unspecified atom stereocenters. The zero-order valence-electron chi connectivity index (χ0n) is 65.0. The summed E-state index contributed by atoms with van der Waals surface area (Å²) >= 11 is 0. The van der Waals surface area contributed by atoms with Crippen molar-refractivity contribution in [1.29, 1.82) is 0 Å². The van der Waals surface area contributed by atoms with Crippen molar-refractivity contribution >= 4 is 39.5 Å². The lowest BCUT2D eigenvalue weighted by Crippen LogP contribution is -2.30. The molecule has 0 rings (SSSR count). The van der Waals surface area contributed by atoms with Crippen molar-refractivity contribution in [2.45, 2.75) is 433 Å². The first-order valence-electron chi connectivity index (χ1n) is 41.4. The fourth-order valence-electron chi connectivity index (χ4n) is 12.3. The molecular formula is C80H156O17P2. The van der Waals surface area contributed by atoms with Crippen molar-refractivity contribution in [2.75, 3.05) is 39.6 Å². The molecule has 3 N–H and O–H groups in total. The van der Waals surface area contributed by atoms with E-state index in [-0.39, 0.29) is 25.7 Å². The van der Waals surface area contributed by atoms with Gasteiger partial charge in [-0.25, -0.2) is 9.13 Å². The molecule has 0 saturated heterocycles. The largest absolute Gasteiger partial charge is 0.472 e. The summed E-state index contributed by atoms with van der Waals surface area (Å²) in [6.07, 6.45) is 58.1. The molecule has 0 radical (unpaired) electrons. The second kappa shape index (κ2) is 70.4. The van der Waals surface area contributed by atoms with Crippen LogP contribution in [0.15, 0.2) is 0 Å². The van der Waals surface area contributed by atoms with Crippen LogP contribution in [0.25, 0.3) is 0 Å². The van der Waals surface area contributed by atoms with Crippen LogP contribution in [0.2, 0.25) is 0 Å². The Balaban J connectivity index is 5.26. The Labute approximate surface area is 607 Å². The molecule has 0 saturated carbocycles. The molecule has 588 valence electrons. The third-order valence-electron chi connectivity index (χ3n) is 19.0. The summed E-state index contributed by atoms with van der Waals surface area (Å²) in [6, 6.07) is 0. The van der Waals surface area contributed by atoms with Gasteiger partial charge in [-0.2, -0.15) is 0 Å². The second-order valence-corrected chi connectivity index (χ2v) is 32.9. The summed E-state index contributed by atoms with van der Waals surface area (Å²) in [4.78, 5) is 73.0. The Morgan fingerprint density at radius 3 is 0.768 bits per heavy atom. The van der Waals surface area contributed by atoms with E-state index in [2.05, 4.69) is 48.5 Å². The first-order valence-corrected chi connectivity index (χ1v) is 44.4. The number of phosphoric ester groups is 2. The molecule has 0 bridgehead atoms. The fourth-order valence-corrected chi connectivity index (χ4v) is 13.9. The van der Waals surface area contributed by atoms with Crippen LogP contribution >= 0.6 is 15.6 Å². The Bertz CT molecular complexity index is 1920. The third-order valence-corrected chi connectivity index (χ3v) is 20.9. The van der Waals surface area contributed by atoms with E-state index in [4.69, 9.17) is 37.0 Å². The maximum Gasteiger partial charge on any atom is 0.472 e. The van der Waals surface area contributed by atoms with E-state index in [1.807, 2.05) is 0 Å². The van der Waals surface area contributed by atoms with Gasteiger partial charge in [-0.1, -0.05) is 363 Å². The van der Waals surface area contributed by atoms with Gasteiger partial charge in [0, 0.05) is 25.7 Å². The second-order valence-electron chi connectivity index (χ2n) is 30.0. The highest BCUT2D eigenvalue weighted by molar-refractivity contribution is 7.47. The topological polar surface area (TPSA) is 237 Å². The molecule has 0 fully saturated rings. The number of carbonyl (C=O) groups excluding carboxylic acids is 4. The molecule has 0 aromatic carbocycles. The lowest BCUT2D eigenvalue weighted by Gasteiger charge is -2.21. The van der Waals surface area contributed by atoms with Gasteiger partial charge >= 0.3 is 39.5 Å². The molecule has 19 heteroatoms. The summed E-state index contributed by atoms with van der Waals surface area (Å²) in [6.45, 7) is 12.0. The van der Waals surface area contributed by atoms with E-state index < -0.39 is 97.5 Å². The number of aliphatic hydroxyl groups is 1. The van der Waals surface area contributed by atoms with Gasteiger partial charge in [0.1, 0.15) is 19.3 Å². The predicted molar refractivity (Wildman–Crippen MR) is 405 cm³/mol. The molecule has 99 heavy (non-hydrogen) atoms. The summed E-state index contributed by atoms with van der Waals surface area (Å²) in [5, 5.41) is 10.6. The summed E-state index contributed by atoms with van der Waals surface area (Å²) < 4.78 is 68.7. The molecule has 0 spiro atoms. The lowest BCUT2D eigenvalue weighted by atomic mass is 9.99. The SMILES string of the molecule is CCCCCCCCCCCCCCCCCC(=O)O[C@H](COC(=O)CCCCCCCCCCC(C)C)COP(=O)(O)OC[C@H](O)COP(=O)(O)OC[C@@H](COC(=O)CCCCCCCCCCCCCCC(C)C)OC(=O)CCCCCCCCCCCCCCCCC(C)CC. The minimum Gasteiger partial charge on any atom is -0.462 e. The molecule has 17 nitrogen and oxygen atoms in total. The van der Waals surface area contributed by atoms with Gasteiger partial charge in [0.2, 0.25) is 0 Å². The normalized spacial score (nSPS) is 14.3. The highest BCUT2D eigenvalue weighted by Gasteiger charge is 2.30. The smallest absolute Gasteiger partial charge is 0.462 e. The molecule has 0 aliphatic rings. The molecule has 0 aliphatic carbocycles. The minimum atomic E-state index is -4.96. The van der Waals surface area contributed by atoms with Crippen LogP contribution in [0.4, 0.5) is 0 Å². The zero-order chi connectivity index (χ0) is 73.0. The van der Waals surface area contributed by atoms with Crippen LogP contribution in [0.5, 0.6) is 0 Å². The quantitative estimate of drug-likeness (QED) is 0.0222. The van der Waals surface area contributed by atoms with Crippen molar-refractivity contribution in [3.63, 3.8) is 0 Å². The number of hydrogen-bond acceptors (Lipinski definition) is 15. The molecule has 6 atom stereocenters. The van der Waals surface area contributed by atoms with E-state index in [0.29, 0.717) is 25.7 Å². The Morgan fingerprint density at radius 2 is 0.515 bits per heavy atom. The molecular weight excluding hydrogens is 1290 g/mol. The molecule has 0 aliphatic heterocycles. The van der Waals surface area contributed by atoms with E-state index in [0.717, 1.165) is 108 Å². The highest BCUT2D eigenvalue weighted by atomic mass is 31.2. The van der Waals surface area contributed by atoms with Gasteiger partial charge in [0.15, 0.2) is 12.2 Å². The zero-order valence-corrected chi connectivity index (χ0v) is 66.8. The number of rotatable bonds is 78. The van der Waals surface area contributed by atoms with Gasteiger partial charge in [-0.05, 0) is 43.4 Å². The van der Waals surface area contributed by atoms with E-state index in [9.17, 15) is 43.2 Å². The van der Waals surface area contributed by atoms with Gasteiger partial charge < -0.3 is 33.8 Å². The van der Waals surface area contributed by atoms with Crippen LogP contribution in [0.1, 0.15) is 414 Å². The van der Waals surface area contributed by atoms with Crippen LogP contribution in [0.3, 0.4) is 0 Å². The number of carbonyl (C=O) groups is 4. The molecule has 0 heterocycles. The first kappa shape index (κ1) is 97.1. The van der Waals surface area contributed by atoms with Crippen LogP contribution in [0, 0.1) is 17.8 Å². The van der Waals surface area contributed by atoms with Crippen molar-refractivity contribution in [3.8, 4) is 0 Å². The molecule has 0 aromatic heterocycles. The van der Waals surface area contributed by atoms with Crippen LogP contribution < -0.4 is 0 Å². The maximum atomic E-state index is 13.1. The van der Waals surface area contributed by atoms with Gasteiger partial charge in [0.25, 0.3) is 0 Å². The third kappa shape index (κ3) is 72.8. The predicted octanol–water partition coefficient (Wildman–Crippen LogP) is 23.7.